The summed E-state index contributed by atoms with van der Waals surface area (Å²) in [6.07, 6.45) is 64.8. The number of phosphoric ester groups is 1. The van der Waals surface area contributed by atoms with Crippen LogP contribution in [0.3, 0.4) is 0 Å². The summed E-state index contributed by atoms with van der Waals surface area (Å²) in [5, 5.41) is 0. The molecule has 0 saturated heterocycles. The first-order chi connectivity index (χ1) is 32.9. The fraction of sp³-hybridized carbons (Fsp3) is 0.983. The minimum absolute atomic E-state index is 0.0898. The Morgan fingerprint density at radius 1 is 0.388 bits per heavy atom. The van der Waals surface area contributed by atoms with Gasteiger partial charge in [0, 0.05) is 19.6 Å². The summed E-state index contributed by atoms with van der Waals surface area (Å²) in [7, 11) is -4.27. The maximum absolute atomic E-state index is 12.7. The van der Waals surface area contributed by atoms with Crippen molar-refractivity contribution in [1.82, 2.24) is 0 Å². The molecule has 0 aromatic heterocycles. The maximum atomic E-state index is 12.7. The molecule has 0 aliphatic rings. The molecule has 1 unspecified atom stereocenters. The highest BCUT2D eigenvalue weighted by Crippen LogP contribution is 2.43. The second-order valence-electron chi connectivity index (χ2n) is 20.6. The van der Waals surface area contributed by atoms with E-state index in [-0.39, 0.29) is 32.3 Å². The summed E-state index contributed by atoms with van der Waals surface area (Å²) < 4.78 is 33.6. The zero-order valence-electron chi connectivity index (χ0n) is 45.2. The second kappa shape index (κ2) is 56.4. The predicted octanol–water partition coefficient (Wildman–Crippen LogP) is 19.2. The van der Waals surface area contributed by atoms with E-state index in [1.807, 2.05) is 0 Å². The number of rotatable bonds is 59. The van der Waals surface area contributed by atoms with Crippen LogP contribution in [0.25, 0.3) is 0 Å². The molecule has 0 aliphatic carbocycles. The SMILES string of the molecule is CCCCCCCCCCCCCCCCCCCCCCCCCCCCCCCCCCCCCCC(=O)O[C@H](COCCCCCCCCCCCCCC)COP(=O)(O)OCCN. The largest absolute Gasteiger partial charge is 0.472 e. The first-order valence-electron chi connectivity index (χ1n) is 30.0. The summed E-state index contributed by atoms with van der Waals surface area (Å²) in [6.45, 7) is 5.00. The first-order valence-corrected chi connectivity index (χ1v) is 31.5. The molecular formula is C58H118NO7P. The lowest BCUT2D eigenvalue weighted by molar-refractivity contribution is -0.154. The minimum atomic E-state index is -4.27. The van der Waals surface area contributed by atoms with Crippen LogP contribution in [-0.2, 0) is 27.9 Å². The Balaban J connectivity index is 3.63. The van der Waals surface area contributed by atoms with Gasteiger partial charge in [-0.3, -0.25) is 13.8 Å². The molecule has 0 spiro atoms. The topological polar surface area (TPSA) is 117 Å². The van der Waals surface area contributed by atoms with Gasteiger partial charge in [0.2, 0.25) is 0 Å². The monoisotopic (exact) mass is 972 g/mol. The van der Waals surface area contributed by atoms with Crippen molar-refractivity contribution in [1.29, 1.82) is 0 Å². The van der Waals surface area contributed by atoms with Crippen LogP contribution in [0.2, 0.25) is 0 Å². The van der Waals surface area contributed by atoms with Crippen LogP contribution in [-0.4, -0.2) is 49.9 Å². The number of esters is 1. The van der Waals surface area contributed by atoms with Gasteiger partial charge >= 0.3 is 13.8 Å². The fourth-order valence-electron chi connectivity index (χ4n) is 9.36. The van der Waals surface area contributed by atoms with Gasteiger partial charge < -0.3 is 20.1 Å². The number of hydrogen-bond acceptors (Lipinski definition) is 7. The van der Waals surface area contributed by atoms with Gasteiger partial charge in [-0.2, -0.15) is 0 Å². The molecule has 0 rings (SSSR count). The number of ether oxygens (including phenoxy) is 2. The molecule has 2 atom stereocenters. The predicted molar refractivity (Wildman–Crippen MR) is 289 cm³/mol. The molecule has 0 amide bonds. The van der Waals surface area contributed by atoms with Crippen LogP contribution in [0.1, 0.15) is 328 Å². The van der Waals surface area contributed by atoms with E-state index in [0.717, 1.165) is 32.1 Å². The van der Waals surface area contributed by atoms with E-state index in [1.54, 1.807) is 0 Å². The summed E-state index contributed by atoms with van der Waals surface area (Å²) in [4.78, 5) is 22.6. The smallest absolute Gasteiger partial charge is 0.457 e. The lowest BCUT2D eigenvalue weighted by Gasteiger charge is -2.20. The number of nitrogens with two attached hydrogens (primary N) is 1. The number of carbonyl (C=O) groups excluding carboxylic acids is 1. The molecule has 0 aromatic carbocycles. The van der Waals surface area contributed by atoms with Gasteiger partial charge in [0.15, 0.2) is 0 Å². The highest BCUT2D eigenvalue weighted by atomic mass is 31.2. The van der Waals surface area contributed by atoms with Crippen LogP contribution in [0, 0.1) is 0 Å². The van der Waals surface area contributed by atoms with Crippen molar-refractivity contribution in [2.45, 2.75) is 335 Å². The lowest BCUT2D eigenvalue weighted by Crippen LogP contribution is -2.28. The van der Waals surface area contributed by atoms with E-state index in [4.69, 9.17) is 24.3 Å². The van der Waals surface area contributed by atoms with Crippen molar-refractivity contribution in [3.8, 4) is 0 Å². The van der Waals surface area contributed by atoms with Gasteiger partial charge in [-0.1, -0.05) is 309 Å². The quantitative estimate of drug-likeness (QED) is 0.0352. The molecule has 0 fully saturated rings. The van der Waals surface area contributed by atoms with Gasteiger partial charge in [-0.15, -0.1) is 0 Å². The molecule has 0 radical (unpaired) electrons. The normalized spacial score (nSPS) is 13.1. The average Bonchev–Trinajstić information content (AvgIpc) is 3.32. The molecule has 0 saturated carbocycles. The third-order valence-electron chi connectivity index (χ3n) is 13.8. The minimum Gasteiger partial charge on any atom is -0.457 e. The third kappa shape index (κ3) is 56.3. The summed E-state index contributed by atoms with van der Waals surface area (Å²) >= 11 is 0. The average molecular weight is 973 g/mol. The number of hydrogen-bond donors (Lipinski definition) is 2. The van der Waals surface area contributed by atoms with Gasteiger partial charge in [0.05, 0.1) is 19.8 Å². The Morgan fingerprint density at radius 2 is 0.657 bits per heavy atom. The summed E-state index contributed by atoms with van der Waals surface area (Å²) in [5.74, 6) is -0.320. The highest BCUT2D eigenvalue weighted by molar-refractivity contribution is 7.47. The van der Waals surface area contributed by atoms with Crippen molar-refractivity contribution in [3.63, 3.8) is 0 Å². The van der Waals surface area contributed by atoms with Crippen molar-refractivity contribution in [2.75, 3.05) is 33.0 Å². The van der Waals surface area contributed by atoms with Crippen LogP contribution in [0.4, 0.5) is 0 Å². The van der Waals surface area contributed by atoms with E-state index in [1.165, 1.54) is 276 Å². The molecular weight excluding hydrogens is 854 g/mol. The Bertz CT molecular complexity index is 1000. The Labute approximate surface area is 418 Å². The van der Waals surface area contributed by atoms with Crippen molar-refractivity contribution < 1.29 is 32.8 Å². The summed E-state index contributed by atoms with van der Waals surface area (Å²) in [5.41, 5.74) is 5.39. The second-order valence-corrected chi connectivity index (χ2v) is 22.0. The molecule has 9 heteroatoms. The Kier molecular flexibility index (Phi) is 56.0. The standard InChI is InChI=1S/C58H118NO7P/c1-3-5-7-9-11-13-15-17-18-19-20-21-22-23-24-25-26-27-28-29-30-31-32-33-34-35-36-37-38-39-40-41-43-45-47-49-51-58(60)66-57(56-65-67(61,62)64-54-52-59)55-63-53-50-48-46-44-42-16-14-12-10-8-6-4-2/h57H,3-56,59H2,1-2H3,(H,61,62)/t57-/m1/s1. The van der Waals surface area contributed by atoms with Crippen LogP contribution < -0.4 is 5.73 Å². The number of carbonyl (C=O) groups is 1. The molecule has 3 N–H and O–H groups in total. The van der Waals surface area contributed by atoms with Gasteiger partial charge in [0.25, 0.3) is 0 Å². The highest BCUT2D eigenvalue weighted by Gasteiger charge is 2.25. The van der Waals surface area contributed by atoms with Crippen molar-refractivity contribution in [3.05, 3.63) is 0 Å². The lowest BCUT2D eigenvalue weighted by atomic mass is 10.0. The molecule has 0 heterocycles. The van der Waals surface area contributed by atoms with Crippen molar-refractivity contribution in [2.24, 2.45) is 5.73 Å². The Hall–Kier alpha value is -0.500. The van der Waals surface area contributed by atoms with Crippen LogP contribution in [0.5, 0.6) is 0 Å². The van der Waals surface area contributed by atoms with E-state index < -0.39 is 13.9 Å². The molecule has 0 bridgehead atoms. The molecule has 8 nitrogen and oxygen atoms in total. The fourth-order valence-corrected chi connectivity index (χ4v) is 10.1. The Morgan fingerprint density at radius 3 is 0.940 bits per heavy atom. The molecule has 0 aliphatic heterocycles. The maximum Gasteiger partial charge on any atom is 0.472 e. The number of unbranched alkanes of at least 4 members (excludes halogenated alkanes) is 46. The zero-order valence-corrected chi connectivity index (χ0v) is 46.1. The van der Waals surface area contributed by atoms with Gasteiger partial charge in [-0.25, -0.2) is 4.57 Å². The summed E-state index contributed by atoms with van der Waals surface area (Å²) in [6, 6.07) is 0. The van der Waals surface area contributed by atoms with Gasteiger partial charge in [0.1, 0.15) is 6.10 Å². The van der Waals surface area contributed by atoms with Gasteiger partial charge in [-0.05, 0) is 12.8 Å². The number of phosphoric acid groups is 1. The first kappa shape index (κ1) is 66.5. The zero-order chi connectivity index (χ0) is 48.7. The molecule has 402 valence electrons. The molecule has 67 heavy (non-hydrogen) atoms. The third-order valence-corrected chi connectivity index (χ3v) is 14.8. The van der Waals surface area contributed by atoms with Crippen molar-refractivity contribution >= 4 is 13.8 Å². The van der Waals surface area contributed by atoms with E-state index >= 15 is 0 Å². The molecule has 0 aromatic rings. The van der Waals surface area contributed by atoms with Crippen LogP contribution in [0.15, 0.2) is 0 Å². The van der Waals surface area contributed by atoms with E-state index in [0.29, 0.717) is 13.0 Å². The van der Waals surface area contributed by atoms with E-state index in [9.17, 15) is 14.3 Å². The van der Waals surface area contributed by atoms with Crippen LogP contribution >= 0.6 is 7.82 Å². The van der Waals surface area contributed by atoms with E-state index in [2.05, 4.69) is 13.8 Å².